The van der Waals surface area contributed by atoms with Crippen molar-refractivity contribution in [3.05, 3.63) is 23.8 Å². The quantitative estimate of drug-likeness (QED) is 0.848. The first-order chi connectivity index (χ1) is 8.83. The van der Waals surface area contributed by atoms with Gasteiger partial charge in [0.1, 0.15) is 5.75 Å². The molecule has 19 heavy (non-hydrogen) atoms. The second kappa shape index (κ2) is 4.91. The molecule has 0 spiro atoms. The van der Waals surface area contributed by atoms with Crippen molar-refractivity contribution in [2.24, 2.45) is 0 Å². The Labute approximate surface area is 112 Å². The molecule has 2 rings (SSSR count). The van der Waals surface area contributed by atoms with Crippen LogP contribution < -0.4 is 15.4 Å². The second-order valence-electron chi connectivity index (χ2n) is 5.64. The Morgan fingerprint density at radius 2 is 2.16 bits per heavy atom. The Kier molecular flexibility index (Phi) is 3.46. The lowest BCUT2D eigenvalue weighted by molar-refractivity contribution is -0.121. The van der Waals surface area contributed by atoms with Crippen molar-refractivity contribution < 1.29 is 14.3 Å². The van der Waals surface area contributed by atoms with Gasteiger partial charge in [0.15, 0.2) is 6.61 Å². The summed E-state index contributed by atoms with van der Waals surface area (Å²) in [5.74, 6) is 0.416. The summed E-state index contributed by atoms with van der Waals surface area (Å²) in [6.07, 6.45) is 0.278. The Bertz CT molecular complexity index is 518. The van der Waals surface area contributed by atoms with Gasteiger partial charge in [-0.1, -0.05) is 6.07 Å². The van der Waals surface area contributed by atoms with Crippen LogP contribution in [0.2, 0.25) is 0 Å². The average Bonchev–Trinajstić information content (AvgIpc) is 2.25. The van der Waals surface area contributed by atoms with E-state index in [0.717, 1.165) is 5.56 Å². The van der Waals surface area contributed by atoms with Gasteiger partial charge in [-0.2, -0.15) is 0 Å². The molecule has 0 saturated carbocycles. The van der Waals surface area contributed by atoms with Gasteiger partial charge in [-0.05, 0) is 38.5 Å². The fourth-order valence-corrected chi connectivity index (χ4v) is 1.89. The molecule has 0 atom stereocenters. The van der Waals surface area contributed by atoms with Crippen LogP contribution in [0, 0.1) is 0 Å². The molecule has 0 unspecified atom stereocenters. The van der Waals surface area contributed by atoms with E-state index in [-0.39, 0.29) is 30.4 Å². The van der Waals surface area contributed by atoms with Crippen LogP contribution in [0.5, 0.6) is 5.75 Å². The fraction of sp³-hybridized carbons (Fsp3) is 0.429. The van der Waals surface area contributed by atoms with Crippen LogP contribution in [-0.4, -0.2) is 24.0 Å². The van der Waals surface area contributed by atoms with Crippen LogP contribution in [0.3, 0.4) is 0 Å². The topological polar surface area (TPSA) is 67.4 Å². The largest absolute Gasteiger partial charge is 0.482 e. The number of rotatable bonds is 2. The zero-order valence-electron chi connectivity index (χ0n) is 11.4. The van der Waals surface area contributed by atoms with Crippen molar-refractivity contribution in [1.82, 2.24) is 5.32 Å². The van der Waals surface area contributed by atoms with Crippen molar-refractivity contribution in [2.75, 3.05) is 11.9 Å². The number of carbonyl (C=O) groups excluding carboxylic acids is 2. The van der Waals surface area contributed by atoms with Crippen molar-refractivity contribution in [1.29, 1.82) is 0 Å². The van der Waals surface area contributed by atoms with Crippen molar-refractivity contribution in [3.8, 4) is 5.75 Å². The molecule has 1 aliphatic heterocycles. The van der Waals surface area contributed by atoms with E-state index in [1.54, 1.807) is 12.1 Å². The minimum atomic E-state index is -0.247. The fourth-order valence-electron chi connectivity index (χ4n) is 1.89. The van der Waals surface area contributed by atoms with Gasteiger partial charge in [-0.15, -0.1) is 0 Å². The van der Waals surface area contributed by atoms with Crippen LogP contribution in [-0.2, 0) is 16.0 Å². The predicted molar refractivity (Wildman–Crippen MR) is 72.2 cm³/mol. The van der Waals surface area contributed by atoms with Gasteiger partial charge in [-0.25, -0.2) is 0 Å². The lowest BCUT2D eigenvalue weighted by Crippen LogP contribution is -2.41. The molecule has 2 amide bonds. The molecule has 0 aliphatic carbocycles. The summed E-state index contributed by atoms with van der Waals surface area (Å²) in [5.41, 5.74) is 1.21. The van der Waals surface area contributed by atoms with E-state index in [1.807, 2.05) is 26.8 Å². The van der Waals surface area contributed by atoms with Gasteiger partial charge >= 0.3 is 0 Å². The summed E-state index contributed by atoms with van der Waals surface area (Å²) in [4.78, 5) is 23.1. The summed E-state index contributed by atoms with van der Waals surface area (Å²) in [6, 6.07) is 5.38. The molecular weight excluding hydrogens is 244 g/mol. The molecule has 1 aliphatic rings. The van der Waals surface area contributed by atoms with Crippen LogP contribution in [0.1, 0.15) is 26.3 Å². The number of hydrogen-bond acceptors (Lipinski definition) is 3. The van der Waals surface area contributed by atoms with Gasteiger partial charge in [0.05, 0.1) is 12.1 Å². The number of fused-ring (bicyclic) bond motifs is 1. The first kappa shape index (κ1) is 13.4. The van der Waals surface area contributed by atoms with Gasteiger partial charge in [0, 0.05) is 5.54 Å². The van der Waals surface area contributed by atoms with Gasteiger partial charge in [0.2, 0.25) is 5.91 Å². The van der Waals surface area contributed by atoms with E-state index in [2.05, 4.69) is 10.6 Å². The molecule has 0 fully saturated rings. The zero-order valence-corrected chi connectivity index (χ0v) is 11.4. The van der Waals surface area contributed by atoms with Crippen LogP contribution in [0.15, 0.2) is 18.2 Å². The lowest BCUT2D eigenvalue weighted by Gasteiger charge is -2.21. The van der Waals surface area contributed by atoms with Gasteiger partial charge in [0.25, 0.3) is 5.91 Å². The molecule has 0 saturated heterocycles. The number of nitrogens with one attached hydrogen (secondary N) is 2. The molecular formula is C14H18N2O3. The number of carbonyl (C=O) groups is 2. The summed E-state index contributed by atoms with van der Waals surface area (Å²) >= 11 is 0. The number of ether oxygens (including phenoxy) is 1. The van der Waals surface area contributed by atoms with E-state index >= 15 is 0 Å². The lowest BCUT2D eigenvalue weighted by atomic mass is 10.1. The maximum Gasteiger partial charge on any atom is 0.262 e. The van der Waals surface area contributed by atoms with Crippen LogP contribution in [0.4, 0.5) is 5.69 Å². The number of benzene rings is 1. The SMILES string of the molecule is CC(C)(C)NC(=O)Cc1ccc2c(c1)NC(=O)CO2. The Balaban J connectivity index is 2.08. The number of amides is 2. The Hall–Kier alpha value is -2.04. The maximum absolute atomic E-state index is 11.8. The van der Waals surface area contributed by atoms with E-state index in [0.29, 0.717) is 11.4 Å². The van der Waals surface area contributed by atoms with Crippen molar-refractivity contribution >= 4 is 17.5 Å². The van der Waals surface area contributed by atoms with Crippen LogP contribution in [0.25, 0.3) is 0 Å². The monoisotopic (exact) mass is 262 g/mol. The van der Waals surface area contributed by atoms with E-state index < -0.39 is 0 Å². The van der Waals surface area contributed by atoms with Crippen molar-refractivity contribution in [3.63, 3.8) is 0 Å². The summed E-state index contributed by atoms with van der Waals surface area (Å²) < 4.78 is 5.26. The minimum Gasteiger partial charge on any atom is -0.482 e. The third kappa shape index (κ3) is 3.71. The Morgan fingerprint density at radius 3 is 2.84 bits per heavy atom. The summed E-state index contributed by atoms with van der Waals surface area (Å²) in [7, 11) is 0. The average molecular weight is 262 g/mol. The molecule has 5 heteroatoms. The molecule has 1 aromatic rings. The highest BCUT2D eigenvalue weighted by Crippen LogP contribution is 2.28. The van der Waals surface area contributed by atoms with E-state index in [4.69, 9.17) is 4.74 Å². The third-order valence-corrected chi connectivity index (χ3v) is 2.56. The second-order valence-corrected chi connectivity index (χ2v) is 5.64. The first-order valence-corrected chi connectivity index (χ1v) is 6.20. The number of anilines is 1. The molecule has 5 nitrogen and oxygen atoms in total. The summed E-state index contributed by atoms with van der Waals surface area (Å²) in [5, 5.41) is 5.63. The molecule has 0 bridgehead atoms. The highest BCUT2D eigenvalue weighted by atomic mass is 16.5. The molecule has 1 aromatic carbocycles. The molecule has 1 heterocycles. The van der Waals surface area contributed by atoms with Crippen LogP contribution >= 0.6 is 0 Å². The minimum absolute atomic E-state index is 0.0385. The Morgan fingerprint density at radius 1 is 1.42 bits per heavy atom. The molecule has 0 aromatic heterocycles. The van der Waals surface area contributed by atoms with Gasteiger partial charge < -0.3 is 15.4 Å². The third-order valence-electron chi connectivity index (χ3n) is 2.56. The van der Waals surface area contributed by atoms with E-state index in [9.17, 15) is 9.59 Å². The van der Waals surface area contributed by atoms with E-state index in [1.165, 1.54) is 0 Å². The summed E-state index contributed by atoms with van der Waals surface area (Å²) in [6.45, 7) is 5.85. The molecule has 0 radical (unpaired) electrons. The molecule has 102 valence electrons. The zero-order chi connectivity index (χ0) is 14.0. The normalized spacial score (nSPS) is 14.2. The smallest absolute Gasteiger partial charge is 0.262 e. The molecule has 2 N–H and O–H groups in total. The maximum atomic E-state index is 11.8. The number of hydrogen-bond donors (Lipinski definition) is 2. The van der Waals surface area contributed by atoms with Crippen molar-refractivity contribution in [2.45, 2.75) is 32.7 Å². The predicted octanol–water partition coefficient (Wildman–Crippen LogP) is 1.47. The standard InChI is InChI=1S/C14H18N2O3/c1-14(2,3)16-12(17)7-9-4-5-11-10(6-9)15-13(18)8-19-11/h4-6H,7-8H2,1-3H3,(H,15,18)(H,16,17). The highest BCUT2D eigenvalue weighted by molar-refractivity contribution is 5.95. The first-order valence-electron chi connectivity index (χ1n) is 6.20. The highest BCUT2D eigenvalue weighted by Gasteiger charge is 2.18. The van der Waals surface area contributed by atoms with Gasteiger partial charge in [-0.3, -0.25) is 9.59 Å².